The molecule has 0 bridgehead atoms. The van der Waals surface area contributed by atoms with E-state index in [1.54, 1.807) is 19.2 Å². The zero-order chi connectivity index (χ0) is 14.6. The van der Waals surface area contributed by atoms with Gasteiger partial charge in [-0.15, -0.1) is 0 Å². The topological polar surface area (TPSA) is 30.5 Å². The quantitative estimate of drug-likeness (QED) is 0.633. The van der Waals surface area contributed by atoms with Gasteiger partial charge in [-0.3, -0.25) is 0 Å². The highest BCUT2D eigenvalue weighted by Crippen LogP contribution is 2.13. The van der Waals surface area contributed by atoms with Crippen LogP contribution < -0.4 is 5.32 Å². The maximum Gasteiger partial charge on any atom is 0.123 e. The van der Waals surface area contributed by atoms with E-state index < -0.39 is 0 Å². The van der Waals surface area contributed by atoms with Crippen molar-refractivity contribution in [1.82, 2.24) is 5.32 Å². The van der Waals surface area contributed by atoms with Gasteiger partial charge in [0.15, 0.2) is 0 Å². The van der Waals surface area contributed by atoms with E-state index in [1.165, 1.54) is 6.07 Å². The molecule has 1 N–H and O–H groups in total. The van der Waals surface area contributed by atoms with Crippen LogP contribution in [-0.4, -0.2) is 40.5 Å². The molecular formula is C16H26FNO2. The van der Waals surface area contributed by atoms with E-state index in [-0.39, 0.29) is 5.82 Å². The molecule has 0 fully saturated rings. The molecule has 1 aromatic rings. The number of hydrogen-bond acceptors (Lipinski definition) is 3. The Bertz CT molecular complexity index is 360. The molecule has 0 spiro atoms. The lowest BCUT2D eigenvalue weighted by Crippen LogP contribution is -2.22. The predicted molar refractivity (Wildman–Crippen MR) is 79.4 cm³/mol. The summed E-state index contributed by atoms with van der Waals surface area (Å²) < 4.78 is 23.7. The third-order valence-electron chi connectivity index (χ3n) is 3.21. The molecule has 0 aromatic heterocycles. The zero-order valence-electron chi connectivity index (χ0n) is 12.5. The minimum Gasteiger partial charge on any atom is -0.385 e. The van der Waals surface area contributed by atoms with Crippen molar-refractivity contribution in [2.24, 2.45) is 5.92 Å². The van der Waals surface area contributed by atoms with Crippen LogP contribution in [-0.2, 0) is 15.9 Å². The maximum absolute atomic E-state index is 13.2. The number of methoxy groups -OCH3 is 1. The lowest BCUT2D eigenvalue weighted by atomic mass is 9.96. The van der Waals surface area contributed by atoms with E-state index in [0.717, 1.165) is 51.2 Å². The van der Waals surface area contributed by atoms with Gasteiger partial charge in [-0.1, -0.05) is 12.1 Å². The van der Waals surface area contributed by atoms with Gasteiger partial charge in [0.2, 0.25) is 0 Å². The van der Waals surface area contributed by atoms with E-state index in [9.17, 15) is 4.39 Å². The second kappa shape index (κ2) is 10.8. The Labute approximate surface area is 121 Å². The number of hydrogen-bond donors (Lipinski definition) is 1. The van der Waals surface area contributed by atoms with Crippen LogP contribution >= 0.6 is 0 Å². The second-order valence-electron chi connectivity index (χ2n) is 5.01. The number of ether oxygens (including phenoxy) is 2. The minimum atomic E-state index is -0.165. The molecule has 0 aliphatic carbocycles. The first kappa shape index (κ1) is 17.1. The number of halogens is 1. The molecule has 3 nitrogen and oxygen atoms in total. The van der Waals surface area contributed by atoms with Crippen molar-refractivity contribution in [2.45, 2.75) is 19.3 Å². The van der Waals surface area contributed by atoms with Gasteiger partial charge in [-0.05, 0) is 56.5 Å². The van der Waals surface area contributed by atoms with E-state index in [0.29, 0.717) is 5.92 Å². The highest BCUT2D eigenvalue weighted by Gasteiger charge is 2.09. The molecule has 0 amide bonds. The minimum absolute atomic E-state index is 0.165. The largest absolute Gasteiger partial charge is 0.385 e. The Hall–Kier alpha value is -0.970. The average Bonchev–Trinajstić information content (AvgIpc) is 2.43. The van der Waals surface area contributed by atoms with Gasteiger partial charge < -0.3 is 14.8 Å². The SMILES string of the molecule is CNCC(CCOCCCOC)Cc1cccc(F)c1. The number of rotatable bonds is 11. The first-order chi connectivity index (χ1) is 9.76. The summed E-state index contributed by atoms with van der Waals surface area (Å²) in [6.07, 6.45) is 2.78. The molecule has 1 atom stereocenters. The summed E-state index contributed by atoms with van der Waals surface area (Å²) in [6, 6.07) is 6.84. The first-order valence-electron chi connectivity index (χ1n) is 7.22. The maximum atomic E-state index is 13.2. The molecule has 0 saturated heterocycles. The van der Waals surface area contributed by atoms with Gasteiger partial charge in [-0.2, -0.15) is 0 Å². The van der Waals surface area contributed by atoms with Gasteiger partial charge in [0.1, 0.15) is 5.82 Å². The molecule has 0 saturated carbocycles. The Morgan fingerprint density at radius 1 is 1.25 bits per heavy atom. The van der Waals surface area contributed by atoms with Crippen LogP contribution in [0.4, 0.5) is 4.39 Å². The van der Waals surface area contributed by atoms with Crippen molar-refractivity contribution in [3.8, 4) is 0 Å². The lowest BCUT2D eigenvalue weighted by molar-refractivity contribution is 0.0937. The monoisotopic (exact) mass is 283 g/mol. The van der Waals surface area contributed by atoms with Crippen molar-refractivity contribution in [3.05, 3.63) is 35.6 Å². The molecular weight excluding hydrogens is 257 g/mol. The van der Waals surface area contributed by atoms with Gasteiger partial charge >= 0.3 is 0 Å². The van der Waals surface area contributed by atoms with E-state index in [4.69, 9.17) is 9.47 Å². The smallest absolute Gasteiger partial charge is 0.123 e. The van der Waals surface area contributed by atoms with Crippen LogP contribution in [0.3, 0.4) is 0 Å². The van der Waals surface area contributed by atoms with Gasteiger partial charge in [-0.25, -0.2) is 4.39 Å². The highest BCUT2D eigenvalue weighted by molar-refractivity contribution is 5.16. The van der Waals surface area contributed by atoms with Gasteiger partial charge in [0, 0.05) is 26.9 Å². The Morgan fingerprint density at radius 3 is 2.80 bits per heavy atom. The Kier molecular flexibility index (Phi) is 9.20. The van der Waals surface area contributed by atoms with Crippen LogP contribution in [0.2, 0.25) is 0 Å². The lowest BCUT2D eigenvalue weighted by Gasteiger charge is -2.16. The standard InChI is InChI=1S/C16H26FNO2/c1-18-13-15(7-10-20-9-4-8-19-2)11-14-5-3-6-16(17)12-14/h3,5-6,12,15,18H,4,7-11,13H2,1-2H3. The third kappa shape index (κ3) is 7.58. The van der Waals surface area contributed by atoms with Crippen LogP contribution in [0.5, 0.6) is 0 Å². The van der Waals surface area contributed by atoms with Crippen LogP contribution in [0.15, 0.2) is 24.3 Å². The van der Waals surface area contributed by atoms with Crippen molar-refractivity contribution >= 4 is 0 Å². The van der Waals surface area contributed by atoms with E-state index >= 15 is 0 Å². The molecule has 1 aromatic carbocycles. The molecule has 0 radical (unpaired) electrons. The molecule has 4 heteroatoms. The van der Waals surface area contributed by atoms with E-state index in [2.05, 4.69) is 5.32 Å². The van der Waals surface area contributed by atoms with Crippen molar-refractivity contribution in [3.63, 3.8) is 0 Å². The molecule has 20 heavy (non-hydrogen) atoms. The second-order valence-corrected chi connectivity index (χ2v) is 5.01. The summed E-state index contributed by atoms with van der Waals surface area (Å²) in [7, 11) is 3.64. The molecule has 0 aliphatic heterocycles. The Balaban J connectivity index is 2.29. The van der Waals surface area contributed by atoms with Crippen LogP contribution in [0.1, 0.15) is 18.4 Å². The average molecular weight is 283 g/mol. The summed E-state index contributed by atoms with van der Waals surface area (Å²) >= 11 is 0. The summed E-state index contributed by atoms with van der Waals surface area (Å²) in [5, 5.41) is 3.19. The number of benzene rings is 1. The third-order valence-corrected chi connectivity index (χ3v) is 3.21. The van der Waals surface area contributed by atoms with Crippen molar-refractivity contribution in [2.75, 3.05) is 40.5 Å². The highest BCUT2D eigenvalue weighted by atomic mass is 19.1. The van der Waals surface area contributed by atoms with Crippen molar-refractivity contribution < 1.29 is 13.9 Å². The predicted octanol–water partition coefficient (Wildman–Crippen LogP) is 2.65. The molecule has 1 rings (SSSR count). The Morgan fingerprint density at radius 2 is 2.10 bits per heavy atom. The fourth-order valence-electron chi connectivity index (χ4n) is 2.22. The van der Waals surface area contributed by atoms with Gasteiger partial charge in [0.25, 0.3) is 0 Å². The van der Waals surface area contributed by atoms with Crippen LogP contribution in [0.25, 0.3) is 0 Å². The fourth-order valence-corrected chi connectivity index (χ4v) is 2.22. The summed E-state index contributed by atoms with van der Waals surface area (Å²) in [5.74, 6) is 0.297. The molecule has 0 aliphatic rings. The summed E-state index contributed by atoms with van der Waals surface area (Å²) in [4.78, 5) is 0. The van der Waals surface area contributed by atoms with E-state index in [1.807, 2.05) is 13.1 Å². The normalized spacial score (nSPS) is 12.6. The van der Waals surface area contributed by atoms with Gasteiger partial charge in [0.05, 0.1) is 0 Å². The summed E-state index contributed by atoms with van der Waals surface area (Å²) in [5.41, 5.74) is 1.05. The molecule has 1 unspecified atom stereocenters. The van der Waals surface area contributed by atoms with Crippen molar-refractivity contribution in [1.29, 1.82) is 0 Å². The molecule has 0 heterocycles. The zero-order valence-corrected chi connectivity index (χ0v) is 12.5. The molecule has 114 valence electrons. The number of nitrogens with one attached hydrogen (secondary N) is 1. The first-order valence-corrected chi connectivity index (χ1v) is 7.22. The fraction of sp³-hybridized carbons (Fsp3) is 0.625. The summed E-state index contributed by atoms with van der Waals surface area (Å²) in [6.45, 7) is 3.13. The van der Waals surface area contributed by atoms with Crippen LogP contribution in [0, 0.1) is 11.7 Å².